The second-order valence-electron chi connectivity index (χ2n) is 5.41. The van der Waals surface area contributed by atoms with Crippen molar-refractivity contribution in [2.45, 2.75) is 37.2 Å². The molecule has 2 heterocycles. The van der Waals surface area contributed by atoms with Gasteiger partial charge < -0.3 is 10.0 Å². The van der Waals surface area contributed by atoms with Gasteiger partial charge in [-0.25, -0.2) is 0 Å². The number of aliphatic hydroxyl groups is 1. The van der Waals surface area contributed by atoms with Crippen molar-refractivity contribution in [3.8, 4) is 0 Å². The minimum absolute atomic E-state index is 0.201. The van der Waals surface area contributed by atoms with Gasteiger partial charge in [0.05, 0.1) is 22.9 Å². The number of hydrogen-bond donors (Lipinski definition) is 1. The monoisotopic (exact) mass is 347 g/mol. The largest absolute Gasteiger partial charge is 0.382 e. The van der Waals surface area contributed by atoms with E-state index in [2.05, 4.69) is 32.9 Å². The molecule has 19 heavy (non-hydrogen) atoms. The Bertz CT molecular complexity index is 438. The van der Waals surface area contributed by atoms with Crippen molar-refractivity contribution >= 4 is 27.7 Å². The highest BCUT2D eigenvalue weighted by Gasteiger charge is 2.42. The van der Waals surface area contributed by atoms with E-state index in [1.807, 2.05) is 30.5 Å². The van der Waals surface area contributed by atoms with Gasteiger partial charge in [0.2, 0.25) is 0 Å². The van der Waals surface area contributed by atoms with E-state index in [1.165, 1.54) is 0 Å². The Labute approximate surface area is 127 Å². The first-order valence-electron chi connectivity index (χ1n) is 6.65. The van der Waals surface area contributed by atoms with E-state index < -0.39 is 5.60 Å². The number of likely N-dealkylation sites (N-methyl/N-ethyl adjacent to an activating group) is 1. The quantitative estimate of drug-likeness (QED) is 0.907. The third kappa shape index (κ3) is 3.17. The topological polar surface area (TPSA) is 41.3 Å². The Kier molecular flexibility index (Phi) is 4.98. The van der Waals surface area contributed by atoms with Crippen molar-refractivity contribution in [1.82, 2.24) is 14.7 Å². The smallest absolute Gasteiger partial charge is 0.119 e. The molecule has 1 saturated heterocycles. The van der Waals surface area contributed by atoms with E-state index in [-0.39, 0.29) is 5.25 Å². The van der Waals surface area contributed by atoms with Crippen LogP contribution in [0.4, 0.5) is 0 Å². The van der Waals surface area contributed by atoms with Gasteiger partial charge in [-0.2, -0.15) is 16.9 Å². The molecule has 2 atom stereocenters. The van der Waals surface area contributed by atoms with Crippen molar-refractivity contribution in [2.24, 2.45) is 0 Å². The molecule has 2 rings (SSSR count). The zero-order valence-electron chi connectivity index (χ0n) is 11.8. The molecule has 0 radical (unpaired) electrons. The molecule has 1 aromatic rings. The average Bonchev–Trinajstić information content (AvgIpc) is 2.72. The van der Waals surface area contributed by atoms with Crippen LogP contribution in [0.3, 0.4) is 0 Å². The van der Waals surface area contributed by atoms with Crippen molar-refractivity contribution in [2.75, 3.05) is 26.4 Å². The van der Waals surface area contributed by atoms with Gasteiger partial charge in [-0.3, -0.25) is 4.68 Å². The van der Waals surface area contributed by atoms with Crippen LogP contribution in [0, 0.1) is 0 Å². The highest BCUT2D eigenvalue weighted by molar-refractivity contribution is 9.10. The van der Waals surface area contributed by atoms with Gasteiger partial charge >= 0.3 is 0 Å². The van der Waals surface area contributed by atoms with Gasteiger partial charge in [0, 0.05) is 11.8 Å². The first-order valence-corrected chi connectivity index (χ1v) is 8.50. The van der Waals surface area contributed by atoms with Crippen LogP contribution in [0.15, 0.2) is 10.7 Å². The zero-order valence-corrected chi connectivity index (χ0v) is 14.2. The van der Waals surface area contributed by atoms with Crippen LogP contribution < -0.4 is 0 Å². The number of thioether (sulfide) groups is 1. The van der Waals surface area contributed by atoms with E-state index in [9.17, 15) is 5.11 Å². The first kappa shape index (κ1) is 15.4. The summed E-state index contributed by atoms with van der Waals surface area (Å²) in [7, 11) is 4.10. The third-order valence-corrected chi connectivity index (χ3v) is 5.70. The highest BCUT2D eigenvalue weighted by Crippen LogP contribution is 2.43. The molecule has 0 amide bonds. The number of rotatable bonds is 4. The van der Waals surface area contributed by atoms with Crippen LogP contribution in [-0.2, 0) is 12.1 Å². The van der Waals surface area contributed by atoms with Crippen LogP contribution in [0.1, 0.15) is 25.5 Å². The number of hydrogen-bond acceptors (Lipinski definition) is 4. The first-order chi connectivity index (χ1) is 8.95. The lowest BCUT2D eigenvalue weighted by atomic mass is 9.90. The maximum atomic E-state index is 11.1. The SMILES string of the molecule is CC1SCCCC1(O)c1c(Br)cnn1CCN(C)C. The van der Waals surface area contributed by atoms with Crippen LogP contribution in [0.25, 0.3) is 0 Å². The van der Waals surface area contributed by atoms with Gasteiger partial charge in [0.15, 0.2) is 0 Å². The minimum Gasteiger partial charge on any atom is -0.382 e. The normalized spacial score (nSPS) is 28.0. The Morgan fingerprint density at radius 1 is 1.63 bits per heavy atom. The standard InChI is InChI=1S/C13H22BrN3OS/c1-10-13(18,5-4-8-19-10)12-11(14)9-15-17(12)7-6-16(2)3/h9-10,18H,4-8H2,1-3H3. The summed E-state index contributed by atoms with van der Waals surface area (Å²) in [6.45, 7) is 3.83. The number of halogens is 1. The predicted octanol–water partition coefficient (Wildman–Crippen LogP) is 2.31. The van der Waals surface area contributed by atoms with Crippen LogP contribution in [0.5, 0.6) is 0 Å². The Balaban J connectivity index is 2.29. The molecule has 0 aliphatic carbocycles. The number of nitrogens with zero attached hydrogens (tertiary/aromatic N) is 3. The third-order valence-electron chi connectivity index (χ3n) is 3.71. The van der Waals surface area contributed by atoms with Crippen molar-refractivity contribution in [1.29, 1.82) is 0 Å². The molecule has 1 fully saturated rings. The van der Waals surface area contributed by atoms with Gasteiger partial charge in [0.25, 0.3) is 0 Å². The molecule has 0 bridgehead atoms. The summed E-state index contributed by atoms with van der Waals surface area (Å²) < 4.78 is 2.87. The zero-order chi connectivity index (χ0) is 14.0. The highest BCUT2D eigenvalue weighted by atomic mass is 79.9. The average molecular weight is 348 g/mol. The summed E-state index contributed by atoms with van der Waals surface area (Å²) in [6, 6.07) is 0. The summed E-state index contributed by atoms with van der Waals surface area (Å²) in [5.41, 5.74) is 0.166. The molecule has 108 valence electrons. The number of aromatic nitrogens is 2. The second-order valence-corrected chi connectivity index (χ2v) is 7.71. The van der Waals surface area contributed by atoms with E-state index in [0.717, 1.165) is 41.9 Å². The van der Waals surface area contributed by atoms with Gasteiger partial charge in [-0.1, -0.05) is 6.92 Å². The van der Waals surface area contributed by atoms with Gasteiger partial charge in [-0.05, 0) is 48.6 Å². The van der Waals surface area contributed by atoms with E-state index in [0.29, 0.717) is 0 Å². The Hall–Kier alpha value is -0.0400. The fraction of sp³-hybridized carbons (Fsp3) is 0.769. The molecule has 0 aromatic carbocycles. The predicted molar refractivity (Wildman–Crippen MR) is 83.5 cm³/mol. The van der Waals surface area contributed by atoms with Gasteiger partial charge in [0.1, 0.15) is 5.60 Å². The molecule has 0 spiro atoms. The molecule has 1 aromatic heterocycles. The minimum atomic E-state index is -0.773. The molecular formula is C13H22BrN3OS. The van der Waals surface area contributed by atoms with Crippen LogP contribution >= 0.6 is 27.7 Å². The second kappa shape index (κ2) is 6.16. The van der Waals surface area contributed by atoms with E-state index in [4.69, 9.17) is 0 Å². The molecule has 6 heteroatoms. The summed E-state index contributed by atoms with van der Waals surface area (Å²) in [6.07, 6.45) is 3.67. The summed E-state index contributed by atoms with van der Waals surface area (Å²) in [4.78, 5) is 2.13. The lowest BCUT2D eigenvalue weighted by Crippen LogP contribution is -2.41. The van der Waals surface area contributed by atoms with Crippen LogP contribution in [0.2, 0.25) is 0 Å². The van der Waals surface area contributed by atoms with E-state index >= 15 is 0 Å². The lowest BCUT2D eigenvalue weighted by molar-refractivity contribution is 0.0154. The maximum absolute atomic E-state index is 11.1. The molecule has 1 aliphatic heterocycles. The van der Waals surface area contributed by atoms with Crippen molar-refractivity contribution in [3.63, 3.8) is 0 Å². The lowest BCUT2D eigenvalue weighted by Gasteiger charge is -2.38. The molecule has 0 saturated carbocycles. The molecule has 2 unspecified atom stereocenters. The molecule has 4 nitrogen and oxygen atoms in total. The summed E-state index contributed by atoms with van der Waals surface area (Å²) in [5, 5.41) is 15.7. The van der Waals surface area contributed by atoms with Crippen molar-refractivity contribution in [3.05, 3.63) is 16.4 Å². The molecular weight excluding hydrogens is 326 g/mol. The van der Waals surface area contributed by atoms with Crippen LogP contribution in [-0.4, -0.2) is 51.4 Å². The Morgan fingerprint density at radius 3 is 3.00 bits per heavy atom. The Morgan fingerprint density at radius 2 is 2.37 bits per heavy atom. The van der Waals surface area contributed by atoms with Crippen molar-refractivity contribution < 1.29 is 5.11 Å². The summed E-state index contributed by atoms with van der Waals surface area (Å²) in [5.74, 6) is 1.13. The summed E-state index contributed by atoms with van der Waals surface area (Å²) >= 11 is 5.40. The fourth-order valence-corrected chi connectivity index (χ4v) is 4.32. The fourth-order valence-electron chi connectivity index (χ4n) is 2.51. The van der Waals surface area contributed by atoms with E-state index in [1.54, 1.807) is 6.20 Å². The molecule has 1 N–H and O–H groups in total. The maximum Gasteiger partial charge on any atom is 0.119 e. The molecule has 1 aliphatic rings. The van der Waals surface area contributed by atoms with Gasteiger partial charge in [-0.15, -0.1) is 0 Å².